The van der Waals surface area contributed by atoms with Crippen molar-refractivity contribution in [3.05, 3.63) is 70.7 Å². The van der Waals surface area contributed by atoms with E-state index in [1.165, 1.54) is 11.1 Å². The van der Waals surface area contributed by atoms with Gasteiger partial charge in [0.05, 0.1) is 29.4 Å². The Kier molecular flexibility index (Phi) is 5.47. The number of pyridine rings is 1. The van der Waals surface area contributed by atoms with E-state index in [2.05, 4.69) is 30.1 Å². The number of H-pyrrole nitrogens is 1. The Hall–Kier alpha value is -3.41. The average Bonchev–Trinajstić information content (AvgIpc) is 3.54. The van der Waals surface area contributed by atoms with Crippen molar-refractivity contribution in [3.63, 3.8) is 0 Å². The fraction of sp³-hybridized carbons (Fsp3) is 0.259. The summed E-state index contributed by atoms with van der Waals surface area (Å²) >= 11 is 6.61. The molecule has 2 aliphatic rings. The van der Waals surface area contributed by atoms with Crippen molar-refractivity contribution in [2.24, 2.45) is 0 Å². The lowest BCUT2D eigenvalue weighted by molar-refractivity contribution is 0.00789. The van der Waals surface area contributed by atoms with Crippen LogP contribution in [0.4, 0.5) is 0 Å². The van der Waals surface area contributed by atoms with Gasteiger partial charge in [-0.1, -0.05) is 60.1 Å². The number of aliphatic hydroxyl groups excluding tert-OH is 1. The highest BCUT2D eigenvalue weighted by Crippen LogP contribution is 2.36. The van der Waals surface area contributed by atoms with Crippen LogP contribution in [-0.2, 0) is 9.47 Å². The van der Waals surface area contributed by atoms with Crippen LogP contribution in [0, 0.1) is 18.3 Å². The van der Waals surface area contributed by atoms with E-state index in [1.807, 2.05) is 36.4 Å². The van der Waals surface area contributed by atoms with Crippen LogP contribution in [0.3, 0.4) is 0 Å². The summed E-state index contributed by atoms with van der Waals surface area (Å²) in [4.78, 5) is 7.87. The Labute approximate surface area is 206 Å². The quantitative estimate of drug-likeness (QED) is 0.435. The molecular formula is C27H22ClN3O4. The normalized spacial score (nSPS) is 23.4. The number of aromatic nitrogens is 2. The van der Waals surface area contributed by atoms with Crippen molar-refractivity contribution in [2.75, 3.05) is 13.2 Å². The summed E-state index contributed by atoms with van der Waals surface area (Å²) < 4.78 is 17.3. The van der Waals surface area contributed by atoms with Crippen molar-refractivity contribution in [2.45, 2.75) is 31.3 Å². The highest BCUT2D eigenvalue weighted by Gasteiger charge is 2.48. The van der Waals surface area contributed by atoms with Crippen LogP contribution in [0.2, 0.25) is 5.02 Å². The van der Waals surface area contributed by atoms with E-state index in [0.717, 1.165) is 11.1 Å². The van der Waals surface area contributed by atoms with Crippen LogP contribution in [0.1, 0.15) is 11.1 Å². The molecule has 8 heteroatoms. The molecule has 7 nitrogen and oxygen atoms in total. The molecule has 176 valence electrons. The number of nitrogens with one attached hydrogen (secondary N) is 1. The Morgan fingerprint density at radius 3 is 2.60 bits per heavy atom. The highest BCUT2D eigenvalue weighted by molar-refractivity contribution is 6.33. The summed E-state index contributed by atoms with van der Waals surface area (Å²) in [5.74, 6) is 0.289. The van der Waals surface area contributed by atoms with Gasteiger partial charge in [-0.25, -0.2) is 4.98 Å². The van der Waals surface area contributed by atoms with Crippen molar-refractivity contribution in [1.29, 1.82) is 5.26 Å². The molecular weight excluding hydrogens is 466 g/mol. The van der Waals surface area contributed by atoms with E-state index < -0.39 is 18.3 Å². The van der Waals surface area contributed by atoms with Gasteiger partial charge in [0.2, 0.25) is 5.88 Å². The van der Waals surface area contributed by atoms with Crippen molar-refractivity contribution >= 4 is 22.6 Å². The minimum absolute atomic E-state index is 0.205. The number of aromatic amines is 1. The zero-order valence-corrected chi connectivity index (χ0v) is 19.6. The zero-order valence-electron chi connectivity index (χ0n) is 18.9. The number of hydrogen-bond donors (Lipinski definition) is 2. The number of fused-ring (bicyclic) bond motifs is 2. The first kappa shape index (κ1) is 22.1. The molecule has 0 aliphatic carbocycles. The number of rotatable bonds is 4. The lowest BCUT2D eigenvalue weighted by atomic mass is 9.99. The minimum atomic E-state index is -0.674. The Morgan fingerprint density at radius 2 is 1.83 bits per heavy atom. The van der Waals surface area contributed by atoms with Crippen LogP contribution in [0.5, 0.6) is 5.88 Å². The summed E-state index contributed by atoms with van der Waals surface area (Å²) in [6.45, 7) is 2.55. The molecule has 35 heavy (non-hydrogen) atoms. The molecule has 4 heterocycles. The molecule has 2 aromatic heterocycles. The van der Waals surface area contributed by atoms with E-state index in [0.29, 0.717) is 21.7 Å². The predicted molar refractivity (Wildman–Crippen MR) is 131 cm³/mol. The highest BCUT2D eigenvalue weighted by atomic mass is 35.5. The fourth-order valence-corrected chi connectivity index (χ4v) is 5.12. The lowest BCUT2D eigenvalue weighted by Crippen LogP contribution is -2.34. The van der Waals surface area contributed by atoms with Gasteiger partial charge in [-0.05, 0) is 29.7 Å². The standard InChI is InChI=1S/C27H22ClN3O4/c1-14-4-2-3-5-17(14)15-6-8-16(9-7-15)23-19(28)10-20-24(31-23)18(11-29)27(30-20)35-22-13-34-25-21(32)12-33-26(22)25/h2-10,21-22,25-26,30,32H,12-13H2,1H3/t21-,22-,25-,26-/m1/s1. The SMILES string of the molecule is Cc1ccccc1-c1ccc(-c2nc3c(C#N)c(O[C@@H]4CO[C@H]5[C@@H]4OC[C@H]5O)[nH]c3cc2Cl)cc1. The van der Waals surface area contributed by atoms with Gasteiger partial charge in [-0.15, -0.1) is 0 Å². The number of nitrogens with zero attached hydrogens (tertiary/aromatic N) is 2. The largest absolute Gasteiger partial charge is 0.469 e. The van der Waals surface area contributed by atoms with Crippen LogP contribution in [-0.4, -0.2) is 52.7 Å². The number of benzene rings is 2. The molecule has 4 atom stereocenters. The Morgan fingerprint density at radius 1 is 1.09 bits per heavy atom. The maximum atomic E-state index is 9.97. The molecule has 0 amide bonds. The van der Waals surface area contributed by atoms with Crippen molar-refractivity contribution in [1.82, 2.24) is 9.97 Å². The Bertz CT molecular complexity index is 1460. The van der Waals surface area contributed by atoms with E-state index >= 15 is 0 Å². The molecule has 0 bridgehead atoms. The Balaban J connectivity index is 1.33. The molecule has 2 N–H and O–H groups in total. The van der Waals surface area contributed by atoms with Crippen molar-refractivity contribution < 1.29 is 19.3 Å². The number of halogens is 1. The van der Waals surface area contributed by atoms with E-state index in [4.69, 9.17) is 30.8 Å². The van der Waals surface area contributed by atoms with E-state index in [-0.39, 0.29) is 30.8 Å². The van der Waals surface area contributed by atoms with Gasteiger partial charge in [-0.3, -0.25) is 0 Å². The molecule has 2 aliphatic heterocycles. The number of nitriles is 1. The second-order valence-corrected chi connectivity index (χ2v) is 9.27. The van der Waals surface area contributed by atoms with Gasteiger partial charge < -0.3 is 24.3 Å². The minimum Gasteiger partial charge on any atom is -0.469 e. The average molecular weight is 488 g/mol. The van der Waals surface area contributed by atoms with Crippen LogP contribution in [0.25, 0.3) is 33.4 Å². The molecule has 2 saturated heterocycles. The molecule has 2 fully saturated rings. The molecule has 0 saturated carbocycles. The van der Waals surface area contributed by atoms with Gasteiger partial charge in [-0.2, -0.15) is 5.26 Å². The number of ether oxygens (including phenoxy) is 3. The summed E-state index contributed by atoms with van der Waals surface area (Å²) in [5, 5.41) is 20.3. The first-order chi connectivity index (χ1) is 17.0. The van der Waals surface area contributed by atoms with Crippen molar-refractivity contribution in [3.8, 4) is 34.3 Å². The van der Waals surface area contributed by atoms with Gasteiger partial charge in [0.15, 0.2) is 6.10 Å². The zero-order chi connectivity index (χ0) is 24.1. The lowest BCUT2D eigenvalue weighted by Gasteiger charge is -2.16. The predicted octanol–water partition coefficient (Wildman–Crippen LogP) is 4.64. The summed E-state index contributed by atoms with van der Waals surface area (Å²) in [5.41, 5.74) is 6.29. The maximum Gasteiger partial charge on any atom is 0.212 e. The fourth-order valence-electron chi connectivity index (χ4n) is 4.86. The third kappa shape index (κ3) is 3.76. The number of hydrogen-bond acceptors (Lipinski definition) is 6. The van der Waals surface area contributed by atoms with Gasteiger partial charge >= 0.3 is 0 Å². The molecule has 6 rings (SSSR count). The van der Waals surface area contributed by atoms with Crippen LogP contribution in [0.15, 0.2) is 54.6 Å². The second-order valence-electron chi connectivity index (χ2n) is 8.87. The van der Waals surface area contributed by atoms with Gasteiger partial charge in [0, 0.05) is 5.56 Å². The number of aryl methyl sites for hydroxylation is 1. The third-order valence-electron chi connectivity index (χ3n) is 6.67. The smallest absolute Gasteiger partial charge is 0.212 e. The first-order valence-electron chi connectivity index (χ1n) is 11.4. The maximum absolute atomic E-state index is 9.97. The van der Waals surface area contributed by atoms with Gasteiger partial charge in [0.25, 0.3) is 0 Å². The van der Waals surface area contributed by atoms with Crippen LogP contribution >= 0.6 is 11.6 Å². The second kappa shape index (κ2) is 8.67. The summed E-state index contributed by atoms with van der Waals surface area (Å²) in [6.07, 6.45) is -1.92. The molecule has 0 radical (unpaired) electrons. The molecule has 2 aromatic carbocycles. The number of aliphatic hydroxyl groups is 1. The van der Waals surface area contributed by atoms with E-state index in [1.54, 1.807) is 6.07 Å². The van der Waals surface area contributed by atoms with Gasteiger partial charge in [0.1, 0.15) is 35.5 Å². The topological polar surface area (TPSA) is 100 Å². The van der Waals surface area contributed by atoms with Crippen LogP contribution < -0.4 is 4.74 Å². The molecule has 4 aromatic rings. The summed E-state index contributed by atoms with van der Waals surface area (Å²) in [6, 6.07) is 20.2. The molecule has 0 spiro atoms. The third-order valence-corrected chi connectivity index (χ3v) is 6.95. The molecule has 0 unspecified atom stereocenters. The monoisotopic (exact) mass is 487 g/mol. The van der Waals surface area contributed by atoms with E-state index in [9.17, 15) is 10.4 Å². The summed E-state index contributed by atoms with van der Waals surface area (Å²) in [7, 11) is 0. The first-order valence-corrected chi connectivity index (χ1v) is 11.8.